The maximum atomic E-state index is 12.1. The molecule has 0 radical (unpaired) electrons. The van der Waals surface area contributed by atoms with Gasteiger partial charge in [0, 0.05) is 45.7 Å². The summed E-state index contributed by atoms with van der Waals surface area (Å²) in [6.45, 7) is 4.23. The lowest BCUT2D eigenvalue weighted by atomic mass is 9.98. The third-order valence-corrected chi connectivity index (χ3v) is 6.35. The minimum Gasteiger partial charge on any atom is -0.378 e. The van der Waals surface area contributed by atoms with E-state index in [0.29, 0.717) is 24.5 Å². The monoisotopic (exact) mass is 411 g/mol. The molecular weight excluding hydrogens is 378 g/mol. The van der Waals surface area contributed by atoms with Crippen molar-refractivity contribution in [2.24, 2.45) is 10.9 Å². The summed E-state index contributed by atoms with van der Waals surface area (Å²) in [7, 11) is -1.84. The summed E-state index contributed by atoms with van der Waals surface area (Å²) < 4.78 is 32.8. The number of rotatable bonds is 11. The number of nitrogens with zero attached hydrogens (tertiary/aromatic N) is 2. The zero-order valence-corrected chi connectivity index (χ0v) is 17.7. The smallest absolute Gasteiger partial charge is 0.242 e. The fourth-order valence-electron chi connectivity index (χ4n) is 3.51. The Morgan fingerprint density at radius 1 is 1.29 bits per heavy atom. The van der Waals surface area contributed by atoms with Crippen molar-refractivity contribution < 1.29 is 13.2 Å². The topological polar surface area (TPSA) is 105 Å². The molecule has 1 aliphatic carbocycles. The third-order valence-electron chi connectivity index (χ3n) is 4.91. The Labute approximate surface area is 168 Å². The van der Waals surface area contributed by atoms with Crippen molar-refractivity contribution in [1.82, 2.24) is 20.3 Å². The Balaban J connectivity index is 1.68. The summed E-state index contributed by atoms with van der Waals surface area (Å²) in [6.07, 6.45) is 9.23. The van der Waals surface area contributed by atoms with E-state index in [1.54, 1.807) is 19.3 Å². The first kappa shape index (κ1) is 22.6. The van der Waals surface area contributed by atoms with Crippen molar-refractivity contribution in [3.63, 3.8) is 0 Å². The molecule has 8 nitrogen and oxygen atoms in total. The number of guanidine groups is 1. The molecule has 1 unspecified atom stereocenters. The first-order valence-electron chi connectivity index (χ1n) is 10.0. The van der Waals surface area contributed by atoms with Crippen LogP contribution in [-0.4, -0.2) is 58.8 Å². The molecule has 0 spiro atoms. The van der Waals surface area contributed by atoms with Gasteiger partial charge < -0.3 is 15.4 Å². The zero-order chi connectivity index (χ0) is 20.2. The van der Waals surface area contributed by atoms with E-state index in [9.17, 15) is 8.42 Å². The normalized spacial score (nSPS) is 16.9. The minimum atomic E-state index is -3.54. The Morgan fingerprint density at radius 2 is 2.04 bits per heavy atom. The van der Waals surface area contributed by atoms with Crippen molar-refractivity contribution in [1.29, 1.82) is 0 Å². The van der Waals surface area contributed by atoms with E-state index in [1.165, 1.54) is 37.9 Å². The summed E-state index contributed by atoms with van der Waals surface area (Å²) in [5.41, 5.74) is 0. The van der Waals surface area contributed by atoms with Crippen LogP contribution in [0.3, 0.4) is 0 Å². The second kappa shape index (κ2) is 12.0. The maximum Gasteiger partial charge on any atom is 0.242 e. The average molecular weight is 412 g/mol. The van der Waals surface area contributed by atoms with E-state index in [2.05, 4.69) is 25.3 Å². The maximum absolute atomic E-state index is 12.1. The highest BCUT2D eigenvalue weighted by Crippen LogP contribution is 2.30. The van der Waals surface area contributed by atoms with E-state index in [1.807, 2.05) is 6.92 Å². The van der Waals surface area contributed by atoms with E-state index < -0.39 is 10.0 Å². The Morgan fingerprint density at radius 3 is 2.68 bits per heavy atom. The van der Waals surface area contributed by atoms with Crippen LogP contribution >= 0.6 is 0 Å². The molecule has 1 aromatic rings. The molecule has 0 aromatic carbocycles. The first-order chi connectivity index (χ1) is 13.6. The van der Waals surface area contributed by atoms with Gasteiger partial charge in [-0.3, -0.25) is 9.98 Å². The molecule has 0 saturated heterocycles. The first-order valence-corrected chi connectivity index (χ1v) is 11.5. The van der Waals surface area contributed by atoms with Gasteiger partial charge in [0.15, 0.2) is 5.96 Å². The van der Waals surface area contributed by atoms with Crippen LogP contribution in [0.4, 0.5) is 0 Å². The van der Waals surface area contributed by atoms with Gasteiger partial charge in [-0.2, -0.15) is 0 Å². The Kier molecular flexibility index (Phi) is 9.66. The fourth-order valence-corrected chi connectivity index (χ4v) is 4.50. The van der Waals surface area contributed by atoms with Crippen LogP contribution in [0.5, 0.6) is 0 Å². The second-order valence-corrected chi connectivity index (χ2v) is 8.61. The predicted octanol–water partition coefficient (Wildman–Crippen LogP) is 1.51. The molecule has 0 amide bonds. The van der Waals surface area contributed by atoms with Gasteiger partial charge in [0.2, 0.25) is 10.0 Å². The summed E-state index contributed by atoms with van der Waals surface area (Å²) in [4.78, 5) is 8.18. The number of sulfonamides is 1. The largest absolute Gasteiger partial charge is 0.378 e. The summed E-state index contributed by atoms with van der Waals surface area (Å²) in [5, 5.41) is 6.41. The zero-order valence-electron chi connectivity index (χ0n) is 16.9. The molecular formula is C19H33N5O3S. The molecule has 1 atom stereocenters. The van der Waals surface area contributed by atoms with Crippen molar-refractivity contribution in [3.8, 4) is 0 Å². The average Bonchev–Trinajstić information content (AvgIpc) is 3.24. The van der Waals surface area contributed by atoms with E-state index in [0.717, 1.165) is 19.6 Å². The number of aromatic nitrogens is 1. The van der Waals surface area contributed by atoms with Crippen molar-refractivity contribution in [3.05, 3.63) is 24.5 Å². The van der Waals surface area contributed by atoms with E-state index >= 15 is 0 Å². The molecule has 0 bridgehead atoms. The summed E-state index contributed by atoms with van der Waals surface area (Å²) in [6, 6.07) is 3.11. The summed E-state index contributed by atoms with van der Waals surface area (Å²) in [5.74, 6) is 1.32. The number of nitrogens with one attached hydrogen (secondary N) is 3. The molecule has 9 heteroatoms. The number of ether oxygens (including phenoxy) is 1. The Bertz CT molecular complexity index is 691. The lowest BCUT2D eigenvalue weighted by molar-refractivity contribution is 0.0169. The van der Waals surface area contributed by atoms with Gasteiger partial charge >= 0.3 is 0 Å². The van der Waals surface area contributed by atoms with Crippen LogP contribution < -0.4 is 15.4 Å². The van der Waals surface area contributed by atoms with E-state index in [4.69, 9.17) is 4.74 Å². The van der Waals surface area contributed by atoms with Crippen LogP contribution in [0.15, 0.2) is 34.4 Å². The number of hydrogen-bond donors (Lipinski definition) is 3. The third kappa shape index (κ3) is 7.37. The van der Waals surface area contributed by atoms with Crippen LogP contribution in [0.1, 0.15) is 39.0 Å². The highest BCUT2D eigenvalue weighted by Gasteiger charge is 2.25. The van der Waals surface area contributed by atoms with Crippen LogP contribution in [0.2, 0.25) is 0 Å². The number of hydrogen-bond acceptors (Lipinski definition) is 5. The minimum absolute atomic E-state index is 0.159. The lowest BCUT2D eigenvalue weighted by Crippen LogP contribution is -2.42. The van der Waals surface area contributed by atoms with Crippen LogP contribution in [-0.2, 0) is 14.8 Å². The molecule has 1 heterocycles. The number of aliphatic imine (C=N–C) groups is 1. The quantitative estimate of drug-likeness (QED) is 0.290. The molecule has 1 saturated carbocycles. The van der Waals surface area contributed by atoms with Gasteiger partial charge in [-0.25, -0.2) is 13.1 Å². The van der Waals surface area contributed by atoms with Gasteiger partial charge in [-0.1, -0.05) is 12.8 Å². The highest BCUT2D eigenvalue weighted by atomic mass is 32.2. The molecule has 158 valence electrons. The molecule has 3 N–H and O–H groups in total. The lowest BCUT2D eigenvalue weighted by Gasteiger charge is -2.24. The van der Waals surface area contributed by atoms with Crippen LogP contribution in [0, 0.1) is 5.92 Å². The highest BCUT2D eigenvalue weighted by molar-refractivity contribution is 7.89. The molecule has 1 aromatic heterocycles. The molecule has 0 aliphatic heterocycles. The van der Waals surface area contributed by atoms with Crippen molar-refractivity contribution in [2.75, 3.05) is 33.3 Å². The fraction of sp³-hybridized carbons (Fsp3) is 0.684. The van der Waals surface area contributed by atoms with Gasteiger partial charge in [-0.15, -0.1) is 0 Å². The van der Waals surface area contributed by atoms with Gasteiger partial charge in [0.25, 0.3) is 0 Å². The molecule has 1 aliphatic rings. The van der Waals surface area contributed by atoms with Crippen LogP contribution in [0.25, 0.3) is 0 Å². The Hall–Kier alpha value is -1.71. The molecule has 28 heavy (non-hydrogen) atoms. The van der Waals surface area contributed by atoms with Crippen molar-refractivity contribution >= 4 is 16.0 Å². The van der Waals surface area contributed by atoms with Gasteiger partial charge in [0.05, 0.1) is 6.10 Å². The molecule has 1 fully saturated rings. The standard InChI is InChI=1S/C19H33N5O3S/c1-3-27-18(16-7-4-5-8-16)10-12-22-19(20-2)23-13-14-24-28(25,26)17-9-6-11-21-15-17/h6,9,11,15-16,18,24H,3-5,7-8,10,12-14H2,1-2H3,(H2,20,22,23). The SMILES string of the molecule is CCOC(CCNC(=NC)NCCNS(=O)(=O)c1cccnc1)C1CCCC1. The van der Waals surface area contributed by atoms with Gasteiger partial charge in [-0.05, 0) is 44.2 Å². The van der Waals surface area contributed by atoms with E-state index in [-0.39, 0.29) is 11.4 Å². The summed E-state index contributed by atoms with van der Waals surface area (Å²) >= 11 is 0. The van der Waals surface area contributed by atoms with Crippen molar-refractivity contribution in [2.45, 2.75) is 50.0 Å². The molecule has 2 rings (SSSR count). The van der Waals surface area contributed by atoms with Gasteiger partial charge in [0.1, 0.15) is 4.90 Å². The number of pyridine rings is 1. The second-order valence-electron chi connectivity index (χ2n) is 6.84. The predicted molar refractivity (Wildman–Crippen MR) is 111 cm³/mol.